The standard InChI is InChI=1S/C15H21N5.HI/c1-15(2,3)18-14(16)17-11-12-9-10-20(19-12)13-7-5-4-6-8-13;/h4-10H,11H2,1-3H3,(H3,16,17,18);1H. The molecule has 1 heterocycles. The first-order valence-corrected chi connectivity index (χ1v) is 6.62. The molecular formula is C15H22IN5. The molecule has 0 spiro atoms. The Labute approximate surface area is 142 Å². The Kier molecular flexibility index (Phi) is 6.19. The fourth-order valence-electron chi connectivity index (χ4n) is 1.76. The lowest BCUT2D eigenvalue weighted by Crippen LogP contribution is -2.44. The minimum atomic E-state index is -0.0863. The van der Waals surface area contributed by atoms with Crippen LogP contribution in [0, 0.1) is 0 Å². The molecule has 6 heteroatoms. The van der Waals surface area contributed by atoms with E-state index in [2.05, 4.69) is 15.4 Å². The van der Waals surface area contributed by atoms with E-state index in [0.717, 1.165) is 11.4 Å². The lowest BCUT2D eigenvalue weighted by atomic mass is 10.1. The Morgan fingerprint density at radius 3 is 2.52 bits per heavy atom. The minimum Gasteiger partial charge on any atom is -0.370 e. The van der Waals surface area contributed by atoms with Crippen LogP contribution in [0.15, 0.2) is 47.6 Å². The van der Waals surface area contributed by atoms with Crippen LogP contribution in [-0.4, -0.2) is 21.3 Å². The van der Waals surface area contributed by atoms with Crippen molar-refractivity contribution in [1.29, 1.82) is 0 Å². The molecule has 0 atom stereocenters. The second kappa shape index (κ2) is 7.44. The van der Waals surface area contributed by atoms with E-state index in [4.69, 9.17) is 5.73 Å². The van der Waals surface area contributed by atoms with E-state index in [-0.39, 0.29) is 29.5 Å². The second-order valence-electron chi connectivity index (χ2n) is 5.66. The molecule has 0 bridgehead atoms. The van der Waals surface area contributed by atoms with Crippen LogP contribution in [0.4, 0.5) is 0 Å². The van der Waals surface area contributed by atoms with Gasteiger partial charge in [-0.1, -0.05) is 18.2 Å². The normalized spacial score (nSPS) is 11.9. The lowest BCUT2D eigenvalue weighted by Gasteiger charge is -2.20. The molecule has 0 saturated heterocycles. The van der Waals surface area contributed by atoms with Crippen LogP contribution in [0.5, 0.6) is 0 Å². The van der Waals surface area contributed by atoms with E-state index in [1.807, 2.05) is 68.0 Å². The Morgan fingerprint density at radius 2 is 1.90 bits per heavy atom. The van der Waals surface area contributed by atoms with Gasteiger partial charge in [0.2, 0.25) is 0 Å². The maximum absolute atomic E-state index is 5.83. The molecule has 0 amide bonds. The maximum atomic E-state index is 5.83. The second-order valence-corrected chi connectivity index (χ2v) is 5.66. The monoisotopic (exact) mass is 399 g/mol. The number of nitrogens with zero attached hydrogens (tertiary/aromatic N) is 3. The molecule has 0 aliphatic rings. The third-order valence-corrected chi connectivity index (χ3v) is 2.58. The molecule has 0 unspecified atom stereocenters. The van der Waals surface area contributed by atoms with Crippen molar-refractivity contribution in [2.24, 2.45) is 10.7 Å². The fourth-order valence-corrected chi connectivity index (χ4v) is 1.76. The van der Waals surface area contributed by atoms with Crippen LogP contribution in [0.3, 0.4) is 0 Å². The Bertz CT molecular complexity index is 584. The van der Waals surface area contributed by atoms with Crippen molar-refractivity contribution in [1.82, 2.24) is 15.1 Å². The summed E-state index contributed by atoms with van der Waals surface area (Å²) in [6, 6.07) is 11.9. The highest BCUT2D eigenvalue weighted by Crippen LogP contribution is 2.07. The summed E-state index contributed by atoms with van der Waals surface area (Å²) in [6.07, 6.45) is 1.92. The molecule has 2 rings (SSSR count). The van der Waals surface area contributed by atoms with Crippen LogP contribution < -0.4 is 11.1 Å². The van der Waals surface area contributed by atoms with Crippen LogP contribution in [0.1, 0.15) is 26.5 Å². The quantitative estimate of drug-likeness (QED) is 0.474. The van der Waals surface area contributed by atoms with Crippen molar-refractivity contribution in [3.63, 3.8) is 0 Å². The molecule has 0 fully saturated rings. The van der Waals surface area contributed by atoms with E-state index in [9.17, 15) is 0 Å². The third kappa shape index (κ3) is 5.74. The molecule has 0 aliphatic carbocycles. The smallest absolute Gasteiger partial charge is 0.189 e. The maximum Gasteiger partial charge on any atom is 0.189 e. The number of aliphatic imine (C=N–C) groups is 1. The van der Waals surface area contributed by atoms with Crippen molar-refractivity contribution in [2.45, 2.75) is 32.9 Å². The summed E-state index contributed by atoms with van der Waals surface area (Å²) >= 11 is 0. The van der Waals surface area contributed by atoms with Crippen molar-refractivity contribution in [2.75, 3.05) is 0 Å². The molecule has 0 aliphatic heterocycles. The Hall–Kier alpha value is -1.57. The van der Waals surface area contributed by atoms with Gasteiger partial charge in [0, 0.05) is 11.7 Å². The fraction of sp³-hybridized carbons (Fsp3) is 0.333. The molecule has 1 aromatic carbocycles. The van der Waals surface area contributed by atoms with Crippen molar-refractivity contribution in [3.8, 4) is 5.69 Å². The summed E-state index contributed by atoms with van der Waals surface area (Å²) in [5.74, 6) is 0.437. The zero-order chi connectivity index (χ0) is 14.6. The topological polar surface area (TPSA) is 68.2 Å². The zero-order valence-electron chi connectivity index (χ0n) is 12.6. The Morgan fingerprint density at radius 1 is 1.24 bits per heavy atom. The number of hydrogen-bond donors (Lipinski definition) is 2. The van der Waals surface area contributed by atoms with Gasteiger partial charge >= 0.3 is 0 Å². The van der Waals surface area contributed by atoms with Gasteiger partial charge in [-0.3, -0.25) is 0 Å². The van der Waals surface area contributed by atoms with E-state index < -0.39 is 0 Å². The zero-order valence-corrected chi connectivity index (χ0v) is 14.9. The van der Waals surface area contributed by atoms with Gasteiger partial charge in [0.15, 0.2) is 5.96 Å². The molecule has 0 radical (unpaired) electrons. The molecule has 5 nitrogen and oxygen atoms in total. The average molecular weight is 399 g/mol. The Balaban J connectivity index is 0.00000220. The van der Waals surface area contributed by atoms with Crippen molar-refractivity contribution in [3.05, 3.63) is 48.3 Å². The molecule has 2 aromatic rings. The third-order valence-electron chi connectivity index (χ3n) is 2.58. The SMILES string of the molecule is CC(C)(C)NC(N)=NCc1ccn(-c2ccccc2)n1.I. The molecular weight excluding hydrogens is 377 g/mol. The highest BCUT2D eigenvalue weighted by atomic mass is 127. The number of benzene rings is 1. The van der Waals surface area contributed by atoms with Crippen LogP contribution in [0.25, 0.3) is 5.69 Å². The summed E-state index contributed by atoms with van der Waals surface area (Å²) in [6.45, 7) is 6.59. The van der Waals surface area contributed by atoms with E-state index in [1.165, 1.54) is 0 Å². The minimum absolute atomic E-state index is 0. The number of rotatable bonds is 3. The highest BCUT2D eigenvalue weighted by Gasteiger charge is 2.09. The van der Waals surface area contributed by atoms with Crippen molar-refractivity contribution < 1.29 is 0 Å². The van der Waals surface area contributed by atoms with E-state index >= 15 is 0 Å². The summed E-state index contributed by atoms with van der Waals surface area (Å²) in [4.78, 5) is 4.29. The first-order chi connectivity index (χ1) is 9.44. The largest absolute Gasteiger partial charge is 0.370 e. The number of aromatic nitrogens is 2. The van der Waals surface area contributed by atoms with Gasteiger partial charge in [-0.15, -0.1) is 24.0 Å². The van der Waals surface area contributed by atoms with Gasteiger partial charge in [0.25, 0.3) is 0 Å². The number of guanidine groups is 1. The van der Waals surface area contributed by atoms with Gasteiger partial charge < -0.3 is 11.1 Å². The first-order valence-electron chi connectivity index (χ1n) is 6.62. The summed E-state index contributed by atoms with van der Waals surface area (Å²) in [5, 5.41) is 7.60. The molecule has 3 N–H and O–H groups in total. The van der Waals surface area contributed by atoms with Crippen LogP contribution >= 0.6 is 24.0 Å². The van der Waals surface area contributed by atoms with Crippen LogP contribution in [-0.2, 0) is 6.54 Å². The highest BCUT2D eigenvalue weighted by molar-refractivity contribution is 14.0. The summed E-state index contributed by atoms with van der Waals surface area (Å²) in [7, 11) is 0. The number of hydrogen-bond acceptors (Lipinski definition) is 2. The predicted molar refractivity (Wildman–Crippen MR) is 97.2 cm³/mol. The molecule has 114 valence electrons. The molecule has 1 aromatic heterocycles. The molecule has 0 saturated carbocycles. The van der Waals surface area contributed by atoms with E-state index in [0.29, 0.717) is 12.5 Å². The molecule has 21 heavy (non-hydrogen) atoms. The van der Waals surface area contributed by atoms with Gasteiger partial charge in [-0.25, -0.2) is 9.67 Å². The predicted octanol–water partition coefficient (Wildman–Crippen LogP) is 2.69. The van der Waals surface area contributed by atoms with Gasteiger partial charge in [0.05, 0.1) is 17.9 Å². The average Bonchev–Trinajstić information content (AvgIpc) is 2.84. The number of nitrogens with one attached hydrogen (secondary N) is 1. The number of halogens is 1. The number of nitrogens with two attached hydrogens (primary N) is 1. The lowest BCUT2D eigenvalue weighted by molar-refractivity contribution is 0.508. The van der Waals surface area contributed by atoms with Crippen molar-refractivity contribution >= 4 is 29.9 Å². The number of para-hydroxylation sites is 1. The van der Waals surface area contributed by atoms with Gasteiger partial charge in [-0.05, 0) is 39.0 Å². The van der Waals surface area contributed by atoms with Gasteiger partial charge in [0.1, 0.15) is 0 Å². The van der Waals surface area contributed by atoms with Crippen LogP contribution in [0.2, 0.25) is 0 Å². The summed E-state index contributed by atoms with van der Waals surface area (Å²) < 4.78 is 1.83. The van der Waals surface area contributed by atoms with E-state index in [1.54, 1.807) is 0 Å². The van der Waals surface area contributed by atoms with Gasteiger partial charge in [-0.2, -0.15) is 5.10 Å². The summed E-state index contributed by atoms with van der Waals surface area (Å²) in [5.41, 5.74) is 7.66. The first kappa shape index (κ1) is 17.5.